The van der Waals surface area contributed by atoms with Crippen LogP contribution in [0.2, 0.25) is 0 Å². The highest BCUT2D eigenvalue weighted by atomic mass is 16.4. The van der Waals surface area contributed by atoms with Crippen LogP contribution in [0.25, 0.3) is 11.5 Å². The van der Waals surface area contributed by atoms with Crippen molar-refractivity contribution in [2.75, 3.05) is 11.9 Å². The lowest BCUT2D eigenvalue weighted by atomic mass is 10.2. The van der Waals surface area contributed by atoms with Crippen LogP contribution in [-0.4, -0.2) is 16.7 Å². The highest BCUT2D eigenvalue weighted by Gasteiger charge is 2.07. The van der Waals surface area contributed by atoms with Crippen molar-refractivity contribution >= 4 is 5.69 Å². The molecule has 0 amide bonds. The van der Waals surface area contributed by atoms with Crippen molar-refractivity contribution in [1.29, 1.82) is 0 Å². The Kier molecular flexibility index (Phi) is 3.73. The standard InChI is InChI=1S/C16H15N3O/c1-3-7-13(8-4-1)16-19-18-15(20-16)11-12-17-14-9-5-2-6-10-14/h1-10,17H,11-12H2. The van der Waals surface area contributed by atoms with Gasteiger partial charge in [0, 0.05) is 24.2 Å². The SMILES string of the molecule is c1ccc(NCCc2nnc(-c3ccccc3)o2)cc1. The van der Waals surface area contributed by atoms with Crippen molar-refractivity contribution in [1.82, 2.24) is 10.2 Å². The van der Waals surface area contributed by atoms with E-state index in [1.54, 1.807) is 0 Å². The van der Waals surface area contributed by atoms with Crippen LogP contribution in [-0.2, 0) is 6.42 Å². The Morgan fingerprint density at radius 3 is 2.30 bits per heavy atom. The van der Waals surface area contributed by atoms with Gasteiger partial charge in [-0.25, -0.2) is 0 Å². The largest absolute Gasteiger partial charge is 0.421 e. The van der Waals surface area contributed by atoms with Crippen molar-refractivity contribution in [2.45, 2.75) is 6.42 Å². The van der Waals surface area contributed by atoms with Crippen molar-refractivity contribution < 1.29 is 4.42 Å². The number of hydrogen-bond donors (Lipinski definition) is 1. The Morgan fingerprint density at radius 1 is 0.850 bits per heavy atom. The molecule has 20 heavy (non-hydrogen) atoms. The van der Waals surface area contributed by atoms with E-state index in [0.29, 0.717) is 18.2 Å². The minimum atomic E-state index is 0.570. The summed E-state index contributed by atoms with van der Waals surface area (Å²) in [6.07, 6.45) is 0.703. The van der Waals surface area contributed by atoms with Gasteiger partial charge in [0.1, 0.15) is 0 Å². The zero-order valence-electron chi connectivity index (χ0n) is 11.0. The number of nitrogens with zero attached hydrogens (tertiary/aromatic N) is 2. The van der Waals surface area contributed by atoms with E-state index in [1.807, 2.05) is 60.7 Å². The minimum absolute atomic E-state index is 0.570. The predicted octanol–water partition coefficient (Wildman–Crippen LogP) is 3.39. The Bertz CT molecular complexity index is 650. The molecule has 4 heteroatoms. The van der Waals surface area contributed by atoms with E-state index in [4.69, 9.17) is 4.42 Å². The molecular weight excluding hydrogens is 250 g/mol. The summed E-state index contributed by atoms with van der Waals surface area (Å²) < 4.78 is 5.65. The normalized spacial score (nSPS) is 10.4. The van der Waals surface area contributed by atoms with E-state index < -0.39 is 0 Å². The topological polar surface area (TPSA) is 51.0 Å². The van der Waals surface area contributed by atoms with Gasteiger partial charge >= 0.3 is 0 Å². The molecule has 0 aliphatic heterocycles. The molecule has 0 saturated heterocycles. The van der Waals surface area contributed by atoms with Gasteiger partial charge in [0.2, 0.25) is 11.8 Å². The molecule has 3 aromatic rings. The van der Waals surface area contributed by atoms with Crippen LogP contribution >= 0.6 is 0 Å². The van der Waals surface area contributed by atoms with Gasteiger partial charge in [-0.05, 0) is 24.3 Å². The molecule has 0 atom stereocenters. The Labute approximate surface area is 117 Å². The van der Waals surface area contributed by atoms with Gasteiger partial charge in [0.15, 0.2) is 0 Å². The molecular formula is C16H15N3O. The summed E-state index contributed by atoms with van der Waals surface area (Å²) in [6.45, 7) is 0.764. The predicted molar refractivity (Wildman–Crippen MR) is 78.4 cm³/mol. The van der Waals surface area contributed by atoms with E-state index in [0.717, 1.165) is 17.8 Å². The smallest absolute Gasteiger partial charge is 0.247 e. The Hall–Kier alpha value is -2.62. The Morgan fingerprint density at radius 2 is 1.55 bits per heavy atom. The van der Waals surface area contributed by atoms with Crippen LogP contribution in [0.4, 0.5) is 5.69 Å². The van der Waals surface area contributed by atoms with Gasteiger partial charge in [-0.3, -0.25) is 0 Å². The summed E-state index contributed by atoms with van der Waals surface area (Å²) in [5.74, 6) is 1.22. The highest BCUT2D eigenvalue weighted by molar-refractivity contribution is 5.51. The van der Waals surface area contributed by atoms with Crippen LogP contribution in [0, 0.1) is 0 Å². The molecule has 0 fully saturated rings. The summed E-state index contributed by atoms with van der Waals surface area (Å²) in [5, 5.41) is 11.4. The monoisotopic (exact) mass is 265 g/mol. The van der Waals surface area contributed by atoms with Crippen LogP contribution in [0.3, 0.4) is 0 Å². The number of hydrogen-bond acceptors (Lipinski definition) is 4. The highest BCUT2D eigenvalue weighted by Crippen LogP contribution is 2.17. The first-order valence-electron chi connectivity index (χ1n) is 6.58. The average Bonchev–Trinajstić information content (AvgIpc) is 2.98. The number of aromatic nitrogens is 2. The molecule has 100 valence electrons. The first-order valence-corrected chi connectivity index (χ1v) is 6.58. The number of para-hydroxylation sites is 1. The number of nitrogens with one attached hydrogen (secondary N) is 1. The van der Waals surface area contributed by atoms with Crippen molar-refractivity contribution in [3.8, 4) is 11.5 Å². The zero-order valence-corrected chi connectivity index (χ0v) is 11.0. The maximum Gasteiger partial charge on any atom is 0.247 e. The van der Waals surface area contributed by atoms with Gasteiger partial charge in [-0.2, -0.15) is 0 Å². The van der Waals surface area contributed by atoms with Crippen LogP contribution < -0.4 is 5.32 Å². The van der Waals surface area contributed by atoms with Gasteiger partial charge in [-0.1, -0.05) is 36.4 Å². The van der Waals surface area contributed by atoms with Crippen molar-refractivity contribution in [2.24, 2.45) is 0 Å². The van der Waals surface area contributed by atoms with E-state index in [2.05, 4.69) is 15.5 Å². The second-order valence-electron chi connectivity index (χ2n) is 4.41. The average molecular weight is 265 g/mol. The van der Waals surface area contributed by atoms with Gasteiger partial charge in [-0.15, -0.1) is 10.2 Å². The number of rotatable bonds is 5. The van der Waals surface area contributed by atoms with Gasteiger partial charge < -0.3 is 9.73 Å². The van der Waals surface area contributed by atoms with E-state index in [1.165, 1.54) is 0 Å². The van der Waals surface area contributed by atoms with Crippen LogP contribution in [0.15, 0.2) is 65.1 Å². The molecule has 3 rings (SSSR count). The lowest BCUT2D eigenvalue weighted by Crippen LogP contribution is -2.04. The lowest BCUT2D eigenvalue weighted by Gasteiger charge is -2.03. The molecule has 1 N–H and O–H groups in total. The quantitative estimate of drug-likeness (QED) is 0.768. The molecule has 0 radical (unpaired) electrons. The molecule has 1 heterocycles. The van der Waals surface area contributed by atoms with E-state index >= 15 is 0 Å². The molecule has 2 aromatic carbocycles. The third-order valence-corrected chi connectivity index (χ3v) is 2.93. The van der Waals surface area contributed by atoms with Gasteiger partial charge in [0.05, 0.1) is 0 Å². The van der Waals surface area contributed by atoms with E-state index in [9.17, 15) is 0 Å². The fraction of sp³-hybridized carbons (Fsp3) is 0.125. The molecule has 0 aliphatic rings. The van der Waals surface area contributed by atoms with Crippen molar-refractivity contribution in [3.05, 3.63) is 66.6 Å². The van der Waals surface area contributed by atoms with Crippen LogP contribution in [0.5, 0.6) is 0 Å². The molecule has 0 aliphatic carbocycles. The molecule has 0 bridgehead atoms. The third-order valence-electron chi connectivity index (χ3n) is 2.93. The fourth-order valence-electron chi connectivity index (χ4n) is 1.92. The van der Waals surface area contributed by atoms with Crippen molar-refractivity contribution in [3.63, 3.8) is 0 Å². The summed E-state index contributed by atoms with van der Waals surface area (Å²) in [5.41, 5.74) is 2.04. The molecule has 0 spiro atoms. The molecule has 0 unspecified atom stereocenters. The molecule has 0 saturated carbocycles. The summed E-state index contributed by atoms with van der Waals surface area (Å²) >= 11 is 0. The summed E-state index contributed by atoms with van der Waals surface area (Å²) in [7, 11) is 0. The fourth-order valence-corrected chi connectivity index (χ4v) is 1.92. The maximum absolute atomic E-state index is 5.65. The third kappa shape index (κ3) is 3.03. The second kappa shape index (κ2) is 6.02. The number of benzene rings is 2. The number of anilines is 1. The molecule has 1 aromatic heterocycles. The Balaban J connectivity index is 1.58. The first kappa shape index (κ1) is 12.4. The van der Waals surface area contributed by atoms with Crippen LogP contribution in [0.1, 0.15) is 5.89 Å². The molecule has 4 nitrogen and oxygen atoms in total. The van der Waals surface area contributed by atoms with Gasteiger partial charge in [0.25, 0.3) is 0 Å². The maximum atomic E-state index is 5.65. The first-order chi connectivity index (χ1) is 9.92. The summed E-state index contributed by atoms with van der Waals surface area (Å²) in [4.78, 5) is 0. The zero-order chi connectivity index (χ0) is 13.6. The minimum Gasteiger partial charge on any atom is -0.421 e. The van der Waals surface area contributed by atoms with E-state index in [-0.39, 0.29) is 0 Å². The summed E-state index contributed by atoms with van der Waals surface area (Å²) in [6, 6.07) is 19.8. The second-order valence-corrected chi connectivity index (χ2v) is 4.41. The lowest BCUT2D eigenvalue weighted by molar-refractivity contribution is 0.509.